The smallest absolute Gasteiger partial charge is 0.255 e. The largest absolute Gasteiger partial charge is 0.341 e. The fourth-order valence-electron chi connectivity index (χ4n) is 4.06. The van der Waals surface area contributed by atoms with Crippen LogP contribution in [0.2, 0.25) is 0 Å². The normalized spacial score (nSPS) is 11.7. The summed E-state index contributed by atoms with van der Waals surface area (Å²) in [6, 6.07) is 20.8. The summed E-state index contributed by atoms with van der Waals surface area (Å²) in [5.74, 6) is -0.243. The van der Waals surface area contributed by atoms with Gasteiger partial charge in [0.25, 0.3) is 5.91 Å². The van der Waals surface area contributed by atoms with E-state index in [9.17, 15) is 13.2 Å². The predicted molar refractivity (Wildman–Crippen MR) is 127 cm³/mol. The molecule has 1 N–H and O–H groups in total. The Morgan fingerprint density at radius 3 is 2.26 bits per heavy atom. The number of anilines is 2. The zero-order valence-electron chi connectivity index (χ0n) is 17.8. The Morgan fingerprint density at radius 2 is 1.61 bits per heavy atom. The predicted octanol–water partition coefficient (Wildman–Crippen LogP) is 4.85. The minimum absolute atomic E-state index is 0.243. The van der Waals surface area contributed by atoms with E-state index in [0.29, 0.717) is 23.5 Å². The van der Waals surface area contributed by atoms with Crippen LogP contribution in [0, 0.1) is 0 Å². The Kier molecular flexibility index (Phi) is 5.45. The third kappa shape index (κ3) is 3.88. The average Bonchev–Trinajstić information content (AvgIpc) is 3.07. The molecule has 4 aromatic rings. The van der Waals surface area contributed by atoms with Gasteiger partial charge in [0.2, 0.25) is 10.0 Å². The molecule has 6 nitrogen and oxygen atoms in total. The summed E-state index contributed by atoms with van der Waals surface area (Å²) in [4.78, 5) is 12.8. The maximum absolute atomic E-state index is 12.8. The van der Waals surface area contributed by atoms with E-state index in [1.54, 1.807) is 31.2 Å². The lowest BCUT2D eigenvalue weighted by atomic mass is 10.1. The molecule has 160 valence electrons. The third-order valence-corrected chi connectivity index (χ3v) is 6.72. The van der Waals surface area contributed by atoms with E-state index in [2.05, 4.69) is 28.9 Å². The molecule has 0 spiro atoms. The highest BCUT2D eigenvalue weighted by atomic mass is 32.2. The van der Waals surface area contributed by atoms with Crippen molar-refractivity contribution in [3.05, 3.63) is 72.3 Å². The molecule has 0 bridgehead atoms. The molecule has 4 rings (SSSR count). The van der Waals surface area contributed by atoms with Crippen molar-refractivity contribution in [1.82, 2.24) is 4.57 Å². The molecule has 0 fully saturated rings. The summed E-state index contributed by atoms with van der Waals surface area (Å²) in [6.07, 6.45) is 1.17. The van der Waals surface area contributed by atoms with Crippen LogP contribution in [0.15, 0.2) is 66.7 Å². The molecule has 0 aliphatic heterocycles. The SMILES string of the molecule is CCN(c1ccc(C(=O)Nc2ccc3c(c2)c2ccccc2n3CC)cc1)S(C)(=O)=O. The van der Waals surface area contributed by atoms with Gasteiger partial charge in [0, 0.05) is 46.1 Å². The number of rotatable bonds is 6. The number of hydrogen-bond donors (Lipinski definition) is 1. The summed E-state index contributed by atoms with van der Waals surface area (Å²) in [5, 5.41) is 5.20. The second-order valence-electron chi connectivity index (χ2n) is 7.42. The molecular formula is C24H25N3O3S. The van der Waals surface area contributed by atoms with Gasteiger partial charge in [-0.15, -0.1) is 0 Å². The number of fused-ring (bicyclic) bond motifs is 3. The summed E-state index contributed by atoms with van der Waals surface area (Å²) in [5.41, 5.74) is 4.02. The number of aryl methyl sites for hydroxylation is 1. The molecule has 0 saturated carbocycles. The van der Waals surface area contributed by atoms with E-state index < -0.39 is 10.0 Å². The third-order valence-electron chi connectivity index (χ3n) is 5.45. The van der Waals surface area contributed by atoms with Gasteiger partial charge in [-0.25, -0.2) is 8.42 Å². The molecule has 1 amide bonds. The Bertz CT molecular complexity index is 1370. The fraction of sp³-hybridized carbons (Fsp3) is 0.208. The number of hydrogen-bond acceptors (Lipinski definition) is 3. The van der Waals surface area contributed by atoms with Crippen LogP contribution >= 0.6 is 0 Å². The first kappa shape index (κ1) is 20.9. The van der Waals surface area contributed by atoms with Crippen molar-refractivity contribution < 1.29 is 13.2 Å². The van der Waals surface area contributed by atoms with E-state index in [1.165, 1.54) is 16.1 Å². The quantitative estimate of drug-likeness (QED) is 0.470. The van der Waals surface area contributed by atoms with Crippen molar-refractivity contribution in [3.63, 3.8) is 0 Å². The van der Waals surface area contributed by atoms with Crippen LogP contribution in [0.5, 0.6) is 0 Å². The maximum Gasteiger partial charge on any atom is 0.255 e. The minimum atomic E-state index is -3.36. The van der Waals surface area contributed by atoms with Crippen LogP contribution in [-0.2, 0) is 16.6 Å². The van der Waals surface area contributed by atoms with Crippen molar-refractivity contribution in [2.24, 2.45) is 0 Å². The highest BCUT2D eigenvalue weighted by molar-refractivity contribution is 7.92. The number of para-hydroxylation sites is 1. The highest BCUT2D eigenvalue weighted by Gasteiger charge is 2.16. The number of nitrogens with one attached hydrogen (secondary N) is 1. The molecule has 31 heavy (non-hydrogen) atoms. The van der Waals surface area contributed by atoms with Gasteiger partial charge < -0.3 is 9.88 Å². The standard InChI is InChI=1S/C24H25N3O3S/c1-4-26-22-9-7-6-8-20(22)21-16-18(12-15-23(21)26)25-24(28)17-10-13-19(14-11-17)27(5-2)31(3,29)30/h6-16H,4-5H2,1-3H3,(H,25,28). The van der Waals surface area contributed by atoms with Crippen molar-refractivity contribution in [3.8, 4) is 0 Å². The molecule has 1 heterocycles. The van der Waals surface area contributed by atoms with Crippen LogP contribution in [0.3, 0.4) is 0 Å². The lowest BCUT2D eigenvalue weighted by molar-refractivity contribution is 0.102. The highest BCUT2D eigenvalue weighted by Crippen LogP contribution is 2.31. The van der Waals surface area contributed by atoms with Gasteiger partial charge in [-0.3, -0.25) is 9.10 Å². The number of carbonyl (C=O) groups excluding carboxylic acids is 1. The molecule has 0 aliphatic rings. The molecule has 0 unspecified atom stereocenters. The van der Waals surface area contributed by atoms with Crippen LogP contribution in [-0.4, -0.2) is 31.7 Å². The summed E-state index contributed by atoms with van der Waals surface area (Å²) in [6.45, 7) is 5.09. The first-order valence-electron chi connectivity index (χ1n) is 10.2. The summed E-state index contributed by atoms with van der Waals surface area (Å²) in [7, 11) is -3.36. The topological polar surface area (TPSA) is 71.4 Å². The fourth-order valence-corrected chi connectivity index (χ4v) is 5.04. The van der Waals surface area contributed by atoms with Crippen LogP contribution < -0.4 is 9.62 Å². The molecule has 0 saturated heterocycles. The van der Waals surface area contributed by atoms with E-state index in [4.69, 9.17) is 0 Å². The molecule has 0 aliphatic carbocycles. The molecule has 1 aromatic heterocycles. The van der Waals surface area contributed by atoms with Crippen molar-refractivity contribution in [2.75, 3.05) is 22.4 Å². The van der Waals surface area contributed by atoms with Crippen molar-refractivity contribution >= 4 is 49.1 Å². The van der Waals surface area contributed by atoms with E-state index in [1.807, 2.05) is 30.3 Å². The average molecular weight is 436 g/mol. The zero-order chi connectivity index (χ0) is 22.2. The molecule has 7 heteroatoms. The number of benzene rings is 3. The molecule has 0 atom stereocenters. The zero-order valence-corrected chi connectivity index (χ0v) is 18.6. The van der Waals surface area contributed by atoms with Gasteiger partial charge in [-0.1, -0.05) is 18.2 Å². The van der Waals surface area contributed by atoms with Crippen LogP contribution in [0.1, 0.15) is 24.2 Å². The summed E-state index contributed by atoms with van der Waals surface area (Å²) < 4.78 is 27.3. The van der Waals surface area contributed by atoms with Crippen molar-refractivity contribution in [1.29, 1.82) is 0 Å². The van der Waals surface area contributed by atoms with Crippen LogP contribution in [0.4, 0.5) is 11.4 Å². The molecule has 0 radical (unpaired) electrons. The Hall–Kier alpha value is -3.32. The molecule has 3 aromatic carbocycles. The Morgan fingerprint density at radius 1 is 0.935 bits per heavy atom. The van der Waals surface area contributed by atoms with Gasteiger partial charge in [0.05, 0.1) is 11.9 Å². The van der Waals surface area contributed by atoms with E-state index in [-0.39, 0.29) is 5.91 Å². The number of sulfonamides is 1. The first-order valence-corrected chi connectivity index (χ1v) is 12.1. The monoisotopic (exact) mass is 435 g/mol. The number of aromatic nitrogens is 1. The number of nitrogens with zero attached hydrogens (tertiary/aromatic N) is 2. The second-order valence-corrected chi connectivity index (χ2v) is 9.33. The van der Waals surface area contributed by atoms with Gasteiger partial charge in [0.15, 0.2) is 0 Å². The van der Waals surface area contributed by atoms with E-state index in [0.717, 1.165) is 22.8 Å². The van der Waals surface area contributed by atoms with Gasteiger partial charge >= 0.3 is 0 Å². The number of carbonyl (C=O) groups is 1. The Labute approximate surface area is 182 Å². The minimum Gasteiger partial charge on any atom is -0.341 e. The van der Waals surface area contributed by atoms with E-state index >= 15 is 0 Å². The second kappa shape index (κ2) is 8.07. The lowest BCUT2D eigenvalue weighted by Gasteiger charge is -2.20. The number of amides is 1. The van der Waals surface area contributed by atoms with Crippen LogP contribution in [0.25, 0.3) is 21.8 Å². The van der Waals surface area contributed by atoms with Gasteiger partial charge in [0.1, 0.15) is 0 Å². The lowest BCUT2D eigenvalue weighted by Crippen LogP contribution is -2.29. The molecular weight excluding hydrogens is 410 g/mol. The maximum atomic E-state index is 12.8. The van der Waals surface area contributed by atoms with Crippen molar-refractivity contribution in [2.45, 2.75) is 20.4 Å². The first-order chi connectivity index (χ1) is 14.8. The Balaban J connectivity index is 1.62. The summed E-state index contributed by atoms with van der Waals surface area (Å²) >= 11 is 0. The van der Waals surface area contributed by atoms with Gasteiger partial charge in [-0.2, -0.15) is 0 Å². The van der Waals surface area contributed by atoms with Gasteiger partial charge in [-0.05, 0) is 62.4 Å².